The van der Waals surface area contributed by atoms with Crippen LogP contribution in [0, 0.1) is 5.92 Å². The quantitative estimate of drug-likeness (QED) is 0.682. The lowest BCUT2D eigenvalue weighted by Gasteiger charge is -2.32. The van der Waals surface area contributed by atoms with Crippen LogP contribution in [0.4, 0.5) is 0 Å². The van der Waals surface area contributed by atoms with Crippen LogP contribution >= 0.6 is 0 Å². The summed E-state index contributed by atoms with van der Waals surface area (Å²) in [6.45, 7) is 3.43. The van der Waals surface area contributed by atoms with Gasteiger partial charge in [0.1, 0.15) is 0 Å². The average molecular weight is 242 g/mol. The van der Waals surface area contributed by atoms with Crippen LogP contribution in [-0.4, -0.2) is 28.6 Å². The highest BCUT2D eigenvalue weighted by atomic mass is 16.4. The summed E-state index contributed by atoms with van der Waals surface area (Å²) in [6.07, 6.45) is 3.68. The van der Waals surface area contributed by atoms with Gasteiger partial charge in [0.2, 0.25) is 5.91 Å². The Morgan fingerprint density at radius 3 is 2.47 bits per heavy atom. The van der Waals surface area contributed by atoms with Crippen molar-refractivity contribution in [2.45, 2.75) is 57.5 Å². The predicted octanol–water partition coefficient (Wildman–Crippen LogP) is 0.873. The summed E-state index contributed by atoms with van der Waals surface area (Å²) in [5, 5.41) is 11.5. The summed E-state index contributed by atoms with van der Waals surface area (Å²) in [6, 6.07) is -0.0932. The van der Waals surface area contributed by atoms with Crippen LogP contribution in [0.3, 0.4) is 0 Å². The number of aliphatic carboxylic acids is 1. The van der Waals surface area contributed by atoms with Crippen LogP contribution in [0.25, 0.3) is 0 Å². The van der Waals surface area contributed by atoms with Crippen molar-refractivity contribution in [1.82, 2.24) is 5.32 Å². The lowest BCUT2D eigenvalue weighted by molar-refractivity contribution is -0.139. The number of carbonyl (C=O) groups excluding carboxylic acids is 1. The molecular formula is C12H22N2O3. The van der Waals surface area contributed by atoms with Gasteiger partial charge >= 0.3 is 5.97 Å². The van der Waals surface area contributed by atoms with Gasteiger partial charge < -0.3 is 16.2 Å². The number of amides is 1. The predicted molar refractivity (Wildman–Crippen MR) is 64.4 cm³/mol. The van der Waals surface area contributed by atoms with E-state index in [0.717, 1.165) is 25.7 Å². The SMILES string of the molecule is CC(C)(CC(=O)O)NC(=O)C1CCCCC1N. The molecule has 0 radical (unpaired) electrons. The van der Waals surface area contributed by atoms with Crippen molar-refractivity contribution >= 4 is 11.9 Å². The van der Waals surface area contributed by atoms with Crippen molar-refractivity contribution in [3.05, 3.63) is 0 Å². The van der Waals surface area contributed by atoms with Crippen LogP contribution in [0.1, 0.15) is 46.0 Å². The van der Waals surface area contributed by atoms with Crippen molar-refractivity contribution in [1.29, 1.82) is 0 Å². The van der Waals surface area contributed by atoms with Gasteiger partial charge in [-0.05, 0) is 26.7 Å². The molecule has 0 saturated heterocycles. The van der Waals surface area contributed by atoms with E-state index in [9.17, 15) is 9.59 Å². The number of carbonyl (C=O) groups is 2. The number of hydrogen-bond donors (Lipinski definition) is 3. The Hall–Kier alpha value is -1.10. The molecular weight excluding hydrogens is 220 g/mol. The first-order chi connectivity index (χ1) is 7.82. The van der Waals surface area contributed by atoms with Crippen molar-refractivity contribution in [3.8, 4) is 0 Å². The molecule has 0 aromatic carbocycles. The number of nitrogens with one attached hydrogen (secondary N) is 1. The Morgan fingerprint density at radius 2 is 1.94 bits per heavy atom. The van der Waals surface area contributed by atoms with E-state index in [-0.39, 0.29) is 24.3 Å². The van der Waals surface area contributed by atoms with Gasteiger partial charge in [-0.25, -0.2) is 0 Å². The lowest BCUT2D eigenvalue weighted by atomic mass is 9.84. The second kappa shape index (κ2) is 5.49. The Kier molecular flexibility index (Phi) is 4.51. The summed E-state index contributed by atoms with van der Waals surface area (Å²) < 4.78 is 0. The van der Waals surface area contributed by atoms with Crippen molar-refractivity contribution in [3.63, 3.8) is 0 Å². The van der Waals surface area contributed by atoms with Crippen LogP contribution in [0.5, 0.6) is 0 Å². The molecule has 98 valence electrons. The maximum absolute atomic E-state index is 12.0. The molecule has 0 aliphatic heterocycles. The smallest absolute Gasteiger partial charge is 0.305 e. The molecule has 1 aliphatic rings. The van der Waals surface area contributed by atoms with Crippen LogP contribution < -0.4 is 11.1 Å². The number of hydrogen-bond acceptors (Lipinski definition) is 3. The van der Waals surface area contributed by atoms with Gasteiger partial charge in [0, 0.05) is 11.6 Å². The molecule has 5 nitrogen and oxygen atoms in total. The molecule has 17 heavy (non-hydrogen) atoms. The fourth-order valence-electron chi connectivity index (χ4n) is 2.33. The highest BCUT2D eigenvalue weighted by molar-refractivity contribution is 5.81. The van der Waals surface area contributed by atoms with Gasteiger partial charge in [0.05, 0.1) is 12.3 Å². The number of carboxylic acids is 1. The largest absolute Gasteiger partial charge is 0.481 e. The zero-order chi connectivity index (χ0) is 13.1. The molecule has 1 saturated carbocycles. The second-order valence-corrected chi connectivity index (χ2v) is 5.50. The van der Waals surface area contributed by atoms with Crippen LogP contribution in [-0.2, 0) is 9.59 Å². The Bertz CT molecular complexity index is 302. The second-order valence-electron chi connectivity index (χ2n) is 5.50. The maximum atomic E-state index is 12.0. The molecule has 0 heterocycles. The highest BCUT2D eigenvalue weighted by Gasteiger charge is 2.32. The van der Waals surface area contributed by atoms with Gasteiger partial charge in [-0.1, -0.05) is 12.8 Å². The molecule has 2 unspecified atom stereocenters. The van der Waals surface area contributed by atoms with Crippen molar-refractivity contribution < 1.29 is 14.7 Å². The normalized spacial score (nSPS) is 25.4. The first-order valence-electron chi connectivity index (χ1n) is 6.11. The molecule has 0 spiro atoms. The minimum Gasteiger partial charge on any atom is -0.481 e. The minimum atomic E-state index is -0.914. The number of nitrogens with two attached hydrogens (primary N) is 1. The van der Waals surface area contributed by atoms with Gasteiger partial charge in [-0.3, -0.25) is 9.59 Å². The Balaban J connectivity index is 2.55. The molecule has 1 rings (SSSR count). The summed E-state index contributed by atoms with van der Waals surface area (Å²) in [5.74, 6) is -1.19. The molecule has 1 fully saturated rings. The third kappa shape index (κ3) is 4.34. The number of carboxylic acid groups (broad SMARTS) is 1. The van der Waals surface area contributed by atoms with Crippen molar-refractivity contribution in [2.24, 2.45) is 11.7 Å². The maximum Gasteiger partial charge on any atom is 0.305 e. The molecule has 1 aliphatic carbocycles. The van der Waals surface area contributed by atoms with E-state index in [2.05, 4.69) is 5.32 Å². The third-order valence-corrected chi connectivity index (χ3v) is 3.21. The topological polar surface area (TPSA) is 92.4 Å². The van der Waals surface area contributed by atoms with Gasteiger partial charge in [0.25, 0.3) is 0 Å². The molecule has 1 amide bonds. The van der Waals surface area contributed by atoms with E-state index in [1.807, 2.05) is 0 Å². The molecule has 2 atom stereocenters. The summed E-state index contributed by atoms with van der Waals surface area (Å²) in [5.41, 5.74) is 5.20. The summed E-state index contributed by atoms with van der Waals surface area (Å²) in [7, 11) is 0. The first kappa shape index (κ1) is 14.0. The number of rotatable bonds is 4. The summed E-state index contributed by atoms with van der Waals surface area (Å²) >= 11 is 0. The van der Waals surface area contributed by atoms with E-state index < -0.39 is 11.5 Å². The van der Waals surface area contributed by atoms with E-state index in [1.54, 1.807) is 13.8 Å². The fraction of sp³-hybridized carbons (Fsp3) is 0.833. The van der Waals surface area contributed by atoms with E-state index in [4.69, 9.17) is 10.8 Å². The lowest BCUT2D eigenvalue weighted by Crippen LogP contribution is -2.51. The Morgan fingerprint density at radius 1 is 1.35 bits per heavy atom. The minimum absolute atomic E-state index is 0.0826. The standard InChI is InChI=1S/C12H22N2O3/c1-12(2,7-10(15)16)14-11(17)8-5-3-4-6-9(8)13/h8-9H,3-7,13H2,1-2H3,(H,14,17)(H,15,16). The van der Waals surface area contributed by atoms with E-state index in [1.165, 1.54) is 0 Å². The fourth-order valence-corrected chi connectivity index (χ4v) is 2.33. The molecule has 4 N–H and O–H groups in total. The Labute approximate surface area is 102 Å². The third-order valence-electron chi connectivity index (χ3n) is 3.21. The summed E-state index contributed by atoms with van der Waals surface area (Å²) in [4.78, 5) is 22.7. The molecule has 0 aromatic rings. The van der Waals surface area contributed by atoms with Gasteiger partial charge in [-0.2, -0.15) is 0 Å². The highest BCUT2D eigenvalue weighted by Crippen LogP contribution is 2.24. The molecule has 0 bridgehead atoms. The van der Waals surface area contributed by atoms with Crippen LogP contribution in [0.2, 0.25) is 0 Å². The van der Waals surface area contributed by atoms with E-state index >= 15 is 0 Å². The zero-order valence-corrected chi connectivity index (χ0v) is 10.5. The van der Waals surface area contributed by atoms with Crippen molar-refractivity contribution in [2.75, 3.05) is 0 Å². The van der Waals surface area contributed by atoms with Gasteiger partial charge in [-0.15, -0.1) is 0 Å². The molecule has 0 aromatic heterocycles. The monoisotopic (exact) mass is 242 g/mol. The first-order valence-corrected chi connectivity index (χ1v) is 6.11. The molecule has 5 heteroatoms. The zero-order valence-electron chi connectivity index (χ0n) is 10.5. The van der Waals surface area contributed by atoms with E-state index in [0.29, 0.717) is 0 Å². The van der Waals surface area contributed by atoms with Crippen LogP contribution in [0.15, 0.2) is 0 Å². The average Bonchev–Trinajstić information content (AvgIpc) is 2.14. The van der Waals surface area contributed by atoms with Gasteiger partial charge in [0.15, 0.2) is 0 Å².